The van der Waals surface area contributed by atoms with Gasteiger partial charge >= 0.3 is 0 Å². The minimum atomic E-state index is -2.87. The van der Waals surface area contributed by atoms with Crippen LogP contribution < -0.4 is 5.32 Å². The number of benzene rings is 1. The average molecular weight is 354 g/mol. The number of nitrogens with one attached hydrogen (secondary N) is 1. The van der Waals surface area contributed by atoms with Crippen molar-refractivity contribution in [1.29, 1.82) is 0 Å². The van der Waals surface area contributed by atoms with E-state index in [0.717, 1.165) is 12.8 Å². The number of thioether (sulfide) groups is 1. The van der Waals surface area contributed by atoms with Crippen molar-refractivity contribution in [1.82, 2.24) is 5.32 Å². The van der Waals surface area contributed by atoms with Crippen molar-refractivity contribution in [2.45, 2.75) is 37.5 Å². The zero-order valence-corrected chi connectivity index (χ0v) is 15.0. The molecular formula is C17H23NO3S2. The van der Waals surface area contributed by atoms with Crippen molar-refractivity contribution >= 4 is 27.5 Å². The quantitative estimate of drug-likeness (QED) is 0.853. The van der Waals surface area contributed by atoms with Gasteiger partial charge in [-0.25, -0.2) is 8.42 Å². The van der Waals surface area contributed by atoms with Gasteiger partial charge in [-0.05, 0) is 37.7 Å². The lowest BCUT2D eigenvalue weighted by atomic mass is 10.0. The van der Waals surface area contributed by atoms with Gasteiger partial charge in [-0.2, -0.15) is 0 Å². The normalized spacial score (nSPS) is 24.3. The maximum absolute atomic E-state index is 12.3. The first-order chi connectivity index (χ1) is 10.9. The van der Waals surface area contributed by atoms with E-state index in [-0.39, 0.29) is 28.7 Å². The Labute approximate surface area is 142 Å². The third-order valence-corrected chi connectivity index (χ3v) is 7.77. The summed E-state index contributed by atoms with van der Waals surface area (Å²) in [5.41, 5.74) is 2.38. The van der Waals surface area contributed by atoms with E-state index in [4.69, 9.17) is 0 Å². The monoisotopic (exact) mass is 353 g/mol. The predicted molar refractivity (Wildman–Crippen MR) is 94.3 cm³/mol. The minimum absolute atomic E-state index is 0.0109. The van der Waals surface area contributed by atoms with Gasteiger partial charge in [0.15, 0.2) is 9.84 Å². The Kier molecular flexibility index (Phi) is 5.01. The SMILES string of the molecule is Cc1ccc(C(NC(=O)CSC2CCS(=O)(=O)C2)C2CC2)cc1. The van der Waals surface area contributed by atoms with Crippen LogP contribution in [0.5, 0.6) is 0 Å². The maximum atomic E-state index is 12.3. The highest BCUT2D eigenvalue weighted by atomic mass is 32.2. The molecule has 2 fully saturated rings. The highest BCUT2D eigenvalue weighted by molar-refractivity contribution is 8.02. The first-order valence-corrected chi connectivity index (χ1v) is 11.0. The van der Waals surface area contributed by atoms with Gasteiger partial charge in [0.05, 0.1) is 23.3 Å². The van der Waals surface area contributed by atoms with Crippen molar-refractivity contribution in [2.75, 3.05) is 17.3 Å². The molecule has 2 unspecified atom stereocenters. The van der Waals surface area contributed by atoms with Crippen LogP contribution in [0.4, 0.5) is 0 Å². The summed E-state index contributed by atoms with van der Waals surface area (Å²) in [6.07, 6.45) is 2.99. The molecule has 23 heavy (non-hydrogen) atoms. The summed E-state index contributed by atoms with van der Waals surface area (Å²) < 4.78 is 22.9. The Morgan fingerprint density at radius 1 is 1.26 bits per heavy atom. The molecule has 1 aromatic rings. The zero-order valence-electron chi connectivity index (χ0n) is 13.3. The molecule has 1 saturated carbocycles. The molecule has 2 atom stereocenters. The molecule has 1 heterocycles. The summed E-state index contributed by atoms with van der Waals surface area (Å²) in [5, 5.41) is 3.22. The number of aryl methyl sites for hydroxylation is 1. The largest absolute Gasteiger partial charge is 0.348 e. The molecule has 0 bridgehead atoms. The second-order valence-electron chi connectivity index (χ2n) is 6.63. The van der Waals surface area contributed by atoms with E-state index in [2.05, 4.69) is 36.5 Å². The van der Waals surface area contributed by atoms with E-state index >= 15 is 0 Å². The lowest BCUT2D eigenvalue weighted by Crippen LogP contribution is -2.31. The van der Waals surface area contributed by atoms with Crippen LogP contribution in [-0.2, 0) is 14.6 Å². The van der Waals surface area contributed by atoms with Crippen LogP contribution >= 0.6 is 11.8 Å². The molecule has 1 aromatic carbocycles. The number of carbonyl (C=O) groups excluding carboxylic acids is 1. The fourth-order valence-corrected chi connectivity index (χ4v) is 6.43. The van der Waals surface area contributed by atoms with Crippen LogP contribution in [0.25, 0.3) is 0 Å². The van der Waals surface area contributed by atoms with Gasteiger partial charge < -0.3 is 5.32 Å². The lowest BCUT2D eigenvalue weighted by molar-refractivity contribution is -0.119. The van der Waals surface area contributed by atoms with E-state index in [9.17, 15) is 13.2 Å². The predicted octanol–water partition coefficient (Wildman–Crippen LogP) is 2.48. The van der Waals surface area contributed by atoms with Crippen molar-refractivity contribution in [2.24, 2.45) is 5.92 Å². The third-order valence-electron chi connectivity index (χ3n) is 4.49. The van der Waals surface area contributed by atoms with Crippen molar-refractivity contribution in [3.05, 3.63) is 35.4 Å². The van der Waals surface area contributed by atoms with Gasteiger partial charge in [-0.1, -0.05) is 29.8 Å². The first-order valence-electron chi connectivity index (χ1n) is 8.11. The Morgan fingerprint density at radius 3 is 2.52 bits per heavy atom. The van der Waals surface area contributed by atoms with Gasteiger partial charge in [-0.15, -0.1) is 11.8 Å². The average Bonchev–Trinajstić information content (AvgIpc) is 3.28. The second-order valence-corrected chi connectivity index (χ2v) is 10.1. The standard InChI is InChI=1S/C17H23NO3S2/c1-12-2-4-13(5-3-12)17(14-6-7-14)18-16(19)10-22-15-8-9-23(20,21)11-15/h2-5,14-15,17H,6-11H2,1H3,(H,18,19). The molecule has 1 N–H and O–H groups in total. The van der Waals surface area contributed by atoms with Gasteiger partial charge in [0.1, 0.15) is 0 Å². The van der Waals surface area contributed by atoms with Gasteiger partial charge in [0.2, 0.25) is 5.91 Å². The molecule has 3 rings (SSSR count). The molecule has 4 nitrogen and oxygen atoms in total. The Bertz CT molecular complexity index is 666. The second kappa shape index (κ2) is 6.85. The summed E-state index contributed by atoms with van der Waals surface area (Å²) in [6, 6.07) is 8.44. The number of carbonyl (C=O) groups is 1. The van der Waals surface area contributed by atoms with Gasteiger partial charge in [0, 0.05) is 5.25 Å². The summed E-state index contributed by atoms with van der Waals surface area (Å²) in [6.45, 7) is 2.06. The van der Waals surface area contributed by atoms with Crippen LogP contribution in [-0.4, -0.2) is 36.8 Å². The zero-order chi connectivity index (χ0) is 16.4. The number of hydrogen-bond donors (Lipinski definition) is 1. The number of amides is 1. The molecule has 1 aliphatic heterocycles. The topological polar surface area (TPSA) is 63.2 Å². The van der Waals surface area contributed by atoms with Crippen molar-refractivity contribution in [3.63, 3.8) is 0 Å². The molecule has 1 aliphatic carbocycles. The van der Waals surface area contributed by atoms with Crippen LogP contribution in [0.15, 0.2) is 24.3 Å². The van der Waals surface area contributed by atoms with E-state index in [1.54, 1.807) is 0 Å². The summed E-state index contributed by atoms with van der Waals surface area (Å²) in [5.74, 6) is 1.38. The van der Waals surface area contributed by atoms with Crippen molar-refractivity contribution in [3.8, 4) is 0 Å². The first kappa shape index (κ1) is 16.8. The minimum Gasteiger partial charge on any atom is -0.348 e. The fourth-order valence-electron chi connectivity index (χ4n) is 2.98. The van der Waals surface area contributed by atoms with E-state index in [0.29, 0.717) is 18.1 Å². The summed E-state index contributed by atoms with van der Waals surface area (Å²) in [7, 11) is -2.87. The van der Waals surface area contributed by atoms with Crippen molar-refractivity contribution < 1.29 is 13.2 Å². The van der Waals surface area contributed by atoms with Crippen LogP contribution in [0.1, 0.15) is 36.4 Å². The van der Waals surface area contributed by atoms with Crippen LogP contribution in [0.3, 0.4) is 0 Å². The molecule has 0 spiro atoms. The summed E-state index contributed by atoms with van der Waals surface area (Å²) in [4.78, 5) is 12.3. The van der Waals surface area contributed by atoms with Gasteiger partial charge in [-0.3, -0.25) is 4.79 Å². The number of rotatable bonds is 6. The molecule has 2 aliphatic rings. The highest BCUT2D eigenvalue weighted by Gasteiger charge is 2.34. The Morgan fingerprint density at radius 2 is 1.96 bits per heavy atom. The molecular weight excluding hydrogens is 330 g/mol. The molecule has 1 amide bonds. The van der Waals surface area contributed by atoms with E-state index in [1.807, 2.05) is 0 Å². The van der Waals surface area contributed by atoms with Crippen LogP contribution in [0.2, 0.25) is 0 Å². The highest BCUT2D eigenvalue weighted by Crippen LogP contribution is 2.41. The fraction of sp³-hybridized carbons (Fsp3) is 0.588. The van der Waals surface area contributed by atoms with Gasteiger partial charge in [0.25, 0.3) is 0 Å². The number of sulfone groups is 1. The smallest absolute Gasteiger partial charge is 0.230 e. The molecule has 0 aromatic heterocycles. The number of hydrogen-bond acceptors (Lipinski definition) is 4. The molecule has 1 saturated heterocycles. The molecule has 126 valence electrons. The van der Waals surface area contributed by atoms with Crippen LogP contribution in [0, 0.1) is 12.8 Å². The lowest BCUT2D eigenvalue weighted by Gasteiger charge is -2.19. The molecule has 0 radical (unpaired) electrons. The molecule has 6 heteroatoms. The summed E-state index contributed by atoms with van der Waals surface area (Å²) >= 11 is 1.47. The van der Waals surface area contributed by atoms with E-state index in [1.165, 1.54) is 22.9 Å². The Hall–Kier alpha value is -1.01. The maximum Gasteiger partial charge on any atom is 0.230 e. The Balaban J connectivity index is 1.54. The van der Waals surface area contributed by atoms with E-state index < -0.39 is 9.84 Å². The third kappa shape index (κ3) is 4.73.